The van der Waals surface area contributed by atoms with Gasteiger partial charge in [-0.1, -0.05) is 18.2 Å². The van der Waals surface area contributed by atoms with Crippen molar-refractivity contribution in [1.29, 1.82) is 0 Å². The lowest BCUT2D eigenvalue weighted by Gasteiger charge is -2.20. The van der Waals surface area contributed by atoms with Crippen LogP contribution in [0.1, 0.15) is 29.7 Å². The number of rotatable bonds is 6. The molecule has 3 aromatic heterocycles. The van der Waals surface area contributed by atoms with Gasteiger partial charge in [0.05, 0.1) is 17.4 Å². The molecule has 0 spiro atoms. The van der Waals surface area contributed by atoms with Crippen LogP contribution >= 0.6 is 0 Å². The first-order valence-electron chi connectivity index (χ1n) is 11.2. The van der Waals surface area contributed by atoms with Crippen molar-refractivity contribution < 1.29 is 0 Å². The summed E-state index contributed by atoms with van der Waals surface area (Å²) >= 11 is 0. The van der Waals surface area contributed by atoms with Crippen LogP contribution in [0.15, 0.2) is 54.9 Å². The van der Waals surface area contributed by atoms with Crippen LogP contribution in [-0.2, 0) is 19.3 Å². The molecule has 7 nitrogen and oxygen atoms in total. The van der Waals surface area contributed by atoms with Crippen LogP contribution in [0, 0.1) is 0 Å². The number of para-hydroxylation sites is 1. The summed E-state index contributed by atoms with van der Waals surface area (Å²) in [5.41, 5.74) is 6.91. The molecular formula is C25H25N7. The van der Waals surface area contributed by atoms with Gasteiger partial charge in [0.1, 0.15) is 5.82 Å². The van der Waals surface area contributed by atoms with Gasteiger partial charge in [-0.15, -0.1) is 0 Å². The lowest BCUT2D eigenvalue weighted by atomic mass is 9.96. The van der Waals surface area contributed by atoms with Crippen molar-refractivity contribution >= 4 is 39.3 Å². The average Bonchev–Trinajstić information content (AvgIpc) is 3.46. The predicted molar refractivity (Wildman–Crippen MR) is 129 cm³/mol. The summed E-state index contributed by atoms with van der Waals surface area (Å²) in [6.45, 7) is 0.825. The highest BCUT2D eigenvalue weighted by atomic mass is 15.2. The molecule has 0 saturated carbocycles. The van der Waals surface area contributed by atoms with Crippen LogP contribution in [0.4, 0.5) is 17.5 Å². The summed E-state index contributed by atoms with van der Waals surface area (Å²) in [6, 6.07) is 14.5. The van der Waals surface area contributed by atoms with Gasteiger partial charge in [-0.05, 0) is 61.9 Å². The second-order valence-corrected chi connectivity index (χ2v) is 8.36. The maximum absolute atomic E-state index is 4.87. The third kappa shape index (κ3) is 3.56. The van der Waals surface area contributed by atoms with E-state index in [0.29, 0.717) is 5.95 Å². The Morgan fingerprint density at radius 1 is 0.969 bits per heavy atom. The SMILES string of the molecule is c1ccc2c(CCNc3nc(Nc4ccc5[nH]ncc5c4)nc4c3CCCC4)c[nH]c2c1. The first-order chi connectivity index (χ1) is 15.8. The number of nitrogens with one attached hydrogen (secondary N) is 4. The van der Waals surface area contributed by atoms with Gasteiger partial charge in [0.15, 0.2) is 0 Å². The molecule has 0 unspecified atom stereocenters. The Hall–Kier alpha value is -3.87. The zero-order valence-corrected chi connectivity index (χ0v) is 17.8. The van der Waals surface area contributed by atoms with E-state index in [-0.39, 0.29) is 0 Å². The number of H-pyrrole nitrogens is 2. The second-order valence-electron chi connectivity index (χ2n) is 8.36. The van der Waals surface area contributed by atoms with Crippen LogP contribution < -0.4 is 10.6 Å². The molecule has 6 rings (SSSR count). The van der Waals surface area contributed by atoms with Gasteiger partial charge in [0.2, 0.25) is 5.95 Å². The number of hydrogen-bond donors (Lipinski definition) is 4. The quantitative estimate of drug-likeness (QED) is 0.304. The first kappa shape index (κ1) is 18.9. The van der Waals surface area contributed by atoms with Gasteiger partial charge in [0, 0.05) is 40.3 Å². The van der Waals surface area contributed by atoms with Crippen LogP contribution in [0.25, 0.3) is 21.8 Å². The van der Waals surface area contributed by atoms with Crippen LogP contribution in [0.3, 0.4) is 0 Å². The van der Waals surface area contributed by atoms with E-state index in [2.05, 4.69) is 62.3 Å². The predicted octanol–water partition coefficient (Wildman–Crippen LogP) is 5.11. The van der Waals surface area contributed by atoms with Crippen molar-refractivity contribution in [2.75, 3.05) is 17.2 Å². The number of hydrogen-bond acceptors (Lipinski definition) is 5. The summed E-state index contributed by atoms with van der Waals surface area (Å²) < 4.78 is 0. The molecule has 3 heterocycles. The Kier molecular flexibility index (Phi) is 4.71. The summed E-state index contributed by atoms with van der Waals surface area (Å²) in [5.74, 6) is 1.60. The molecule has 0 saturated heterocycles. The molecule has 0 atom stereocenters. The molecule has 160 valence electrons. The summed E-state index contributed by atoms with van der Waals surface area (Å²) in [5, 5.41) is 16.4. The minimum Gasteiger partial charge on any atom is -0.369 e. The van der Waals surface area contributed by atoms with Crippen LogP contribution in [-0.4, -0.2) is 31.7 Å². The zero-order valence-electron chi connectivity index (χ0n) is 17.8. The first-order valence-corrected chi connectivity index (χ1v) is 11.2. The standard InChI is InChI=1S/C25H25N7/c1-3-7-22-19(5-1)16(14-27-22)11-12-26-24-20-6-2-4-8-23(20)30-25(31-24)29-18-9-10-21-17(13-18)15-28-32-21/h1,3,5,7,9-10,13-15,27H,2,4,6,8,11-12H2,(H,28,32)(H2,26,29,30,31). The molecule has 0 amide bonds. The molecule has 1 aliphatic carbocycles. The largest absolute Gasteiger partial charge is 0.369 e. The van der Waals surface area contributed by atoms with E-state index in [1.54, 1.807) is 0 Å². The minimum atomic E-state index is 0.642. The van der Waals surface area contributed by atoms with E-state index >= 15 is 0 Å². The third-order valence-electron chi connectivity index (χ3n) is 6.24. The number of nitrogens with zero attached hydrogens (tertiary/aromatic N) is 3. The number of fused-ring (bicyclic) bond motifs is 3. The smallest absolute Gasteiger partial charge is 0.229 e. The normalized spacial score (nSPS) is 13.4. The molecule has 5 aromatic rings. The fraction of sp³-hybridized carbons (Fsp3) is 0.240. The second kappa shape index (κ2) is 8.00. The van der Waals surface area contributed by atoms with E-state index < -0.39 is 0 Å². The topological polar surface area (TPSA) is 94.3 Å². The molecule has 32 heavy (non-hydrogen) atoms. The molecule has 0 fully saturated rings. The third-order valence-corrected chi connectivity index (χ3v) is 6.24. The monoisotopic (exact) mass is 423 g/mol. The van der Waals surface area contributed by atoms with Crippen molar-refractivity contribution in [2.45, 2.75) is 32.1 Å². The zero-order chi connectivity index (χ0) is 21.3. The fourth-order valence-electron chi connectivity index (χ4n) is 4.60. The van der Waals surface area contributed by atoms with E-state index in [4.69, 9.17) is 9.97 Å². The van der Waals surface area contributed by atoms with Gasteiger partial charge in [0.25, 0.3) is 0 Å². The van der Waals surface area contributed by atoms with Gasteiger partial charge in [-0.25, -0.2) is 4.98 Å². The molecule has 0 aliphatic heterocycles. The summed E-state index contributed by atoms with van der Waals surface area (Å²) in [7, 11) is 0. The molecule has 4 N–H and O–H groups in total. The lowest BCUT2D eigenvalue weighted by Crippen LogP contribution is -2.15. The molecular weight excluding hydrogens is 398 g/mol. The van der Waals surface area contributed by atoms with Crippen molar-refractivity contribution in [3.05, 3.63) is 71.7 Å². The number of aromatic nitrogens is 5. The van der Waals surface area contributed by atoms with Crippen molar-refractivity contribution in [2.24, 2.45) is 0 Å². The Morgan fingerprint density at radius 2 is 1.91 bits per heavy atom. The number of aromatic amines is 2. The Bertz CT molecular complexity index is 1400. The van der Waals surface area contributed by atoms with E-state index in [9.17, 15) is 0 Å². The maximum Gasteiger partial charge on any atom is 0.229 e. The molecule has 7 heteroatoms. The minimum absolute atomic E-state index is 0.642. The van der Waals surface area contributed by atoms with E-state index in [1.165, 1.54) is 34.9 Å². The van der Waals surface area contributed by atoms with E-state index in [0.717, 1.165) is 53.9 Å². The van der Waals surface area contributed by atoms with Gasteiger partial charge < -0.3 is 15.6 Å². The molecule has 1 aliphatic rings. The highest BCUT2D eigenvalue weighted by Crippen LogP contribution is 2.28. The number of benzene rings is 2. The average molecular weight is 424 g/mol. The summed E-state index contributed by atoms with van der Waals surface area (Å²) in [6.07, 6.45) is 9.28. The van der Waals surface area contributed by atoms with Crippen molar-refractivity contribution in [3.8, 4) is 0 Å². The Balaban J connectivity index is 1.24. The molecule has 0 bridgehead atoms. The number of anilines is 3. The lowest BCUT2D eigenvalue weighted by molar-refractivity contribution is 0.664. The Morgan fingerprint density at radius 3 is 2.91 bits per heavy atom. The van der Waals surface area contributed by atoms with Crippen molar-refractivity contribution in [1.82, 2.24) is 25.1 Å². The Labute approximate surface area is 185 Å². The van der Waals surface area contributed by atoms with Crippen molar-refractivity contribution in [3.63, 3.8) is 0 Å². The molecule has 2 aromatic carbocycles. The van der Waals surface area contributed by atoms with Gasteiger partial charge >= 0.3 is 0 Å². The van der Waals surface area contributed by atoms with Gasteiger partial charge in [-0.2, -0.15) is 10.1 Å². The number of aryl methyl sites for hydroxylation is 1. The van der Waals surface area contributed by atoms with E-state index in [1.807, 2.05) is 18.3 Å². The maximum atomic E-state index is 4.87. The summed E-state index contributed by atoms with van der Waals surface area (Å²) in [4.78, 5) is 13.1. The fourth-order valence-corrected chi connectivity index (χ4v) is 4.60. The van der Waals surface area contributed by atoms with Crippen LogP contribution in [0.2, 0.25) is 0 Å². The highest BCUT2D eigenvalue weighted by molar-refractivity contribution is 5.83. The highest BCUT2D eigenvalue weighted by Gasteiger charge is 2.18. The van der Waals surface area contributed by atoms with Gasteiger partial charge in [-0.3, -0.25) is 5.10 Å². The van der Waals surface area contributed by atoms with Crippen LogP contribution in [0.5, 0.6) is 0 Å². The molecule has 0 radical (unpaired) electrons.